The van der Waals surface area contributed by atoms with Crippen molar-refractivity contribution >= 4 is 60.5 Å². The Morgan fingerprint density at radius 1 is 1.43 bits per heavy atom. The Balaban J connectivity index is 1.98. The molecule has 0 bridgehead atoms. The third-order valence-corrected chi connectivity index (χ3v) is 4.92. The van der Waals surface area contributed by atoms with E-state index in [1.54, 1.807) is 12.3 Å². The number of hydrogen-bond acceptors (Lipinski definition) is 6. The fourth-order valence-electron chi connectivity index (χ4n) is 2.06. The monoisotopic (exact) mass is 395 g/mol. The van der Waals surface area contributed by atoms with Crippen LogP contribution in [0, 0.1) is 5.82 Å². The number of nitrogens with zero attached hydrogens (tertiary/aromatic N) is 1. The van der Waals surface area contributed by atoms with Crippen LogP contribution in [0.3, 0.4) is 0 Å². The molecule has 3 N–H and O–H groups in total. The van der Waals surface area contributed by atoms with Crippen LogP contribution in [0.2, 0.25) is 0 Å². The van der Waals surface area contributed by atoms with Crippen LogP contribution in [0.15, 0.2) is 34.9 Å². The summed E-state index contributed by atoms with van der Waals surface area (Å²) in [5.41, 5.74) is 8.20. The molecule has 0 unspecified atom stereocenters. The third kappa shape index (κ3) is 2.99. The summed E-state index contributed by atoms with van der Waals surface area (Å²) >= 11 is 4.51. The molecule has 0 spiro atoms. The summed E-state index contributed by atoms with van der Waals surface area (Å²) in [5.74, 6) is -0.814. The number of halogens is 2. The lowest BCUT2D eigenvalue weighted by Crippen LogP contribution is -2.01. The number of benzene rings is 1. The first-order valence-corrected chi connectivity index (χ1v) is 8.09. The second-order valence-electron chi connectivity index (χ2n) is 4.66. The number of aromatic nitrogens is 1. The predicted molar refractivity (Wildman–Crippen MR) is 92.8 cm³/mol. The number of hydrogen-bond donors (Lipinski definition) is 2. The minimum Gasteiger partial charge on any atom is -0.465 e. The van der Waals surface area contributed by atoms with Gasteiger partial charge in [-0.2, -0.15) is 0 Å². The number of pyridine rings is 1. The fraction of sp³-hybridized carbons (Fsp3) is 0.0667. The predicted octanol–water partition coefficient (Wildman–Crippen LogP) is 4.31. The SMILES string of the molecule is COC(=O)c1sc2cc(Nc3ccc(F)cc3Br)cnc2c1N. The summed E-state index contributed by atoms with van der Waals surface area (Å²) in [6, 6.07) is 6.17. The van der Waals surface area contributed by atoms with Crippen molar-refractivity contribution in [2.45, 2.75) is 0 Å². The van der Waals surface area contributed by atoms with Gasteiger partial charge in [-0.15, -0.1) is 11.3 Å². The Hall–Kier alpha value is -2.19. The molecule has 0 radical (unpaired) electrons. The number of fused-ring (bicyclic) bond motifs is 1. The molecule has 0 saturated carbocycles. The molecular weight excluding hydrogens is 385 g/mol. The van der Waals surface area contributed by atoms with Crippen LogP contribution >= 0.6 is 27.3 Å². The van der Waals surface area contributed by atoms with Gasteiger partial charge in [-0.3, -0.25) is 4.98 Å². The van der Waals surface area contributed by atoms with E-state index in [-0.39, 0.29) is 5.82 Å². The van der Waals surface area contributed by atoms with Gasteiger partial charge in [-0.1, -0.05) is 0 Å². The Labute approximate surface area is 143 Å². The molecule has 0 saturated heterocycles. The van der Waals surface area contributed by atoms with Crippen molar-refractivity contribution in [1.29, 1.82) is 0 Å². The lowest BCUT2D eigenvalue weighted by Gasteiger charge is -2.08. The number of nitrogen functional groups attached to an aromatic ring is 1. The number of esters is 1. The zero-order chi connectivity index (χ0) is 16.6. The van der Waals surface area contributed by atoms with Gasteiger partial charge >= 0.3 is 5.97 Å². The number of thiophene rings is 1. The molecule has 2 heterocycles. The smallest absolute Gasteiger partial charge is 0.350 e. The van der Waals surface area contributed by atoms with Crippen molar-refractivity contribution in [2.75, 3.05) is 18.2 Å². The summed E-state index contributed by atoms with van der Waals surface area (Å²) in [4.78, 5) is 16.3. The van der Waals surface area contributed by atoms with Crippen molar-refractivity contribution < 1.29 is 13.9 Å². The molecule has 0 fully saturated rings. The molecule has 8 heteroatoms. The van der Waals surface area contributed by atoms with Crippen LogP contribution in [0.1, 0.15) is 9.67 Å². The van der Waals surface area contributed by atoms with Crippen LogP contribution in [-0.2, 0) is 4.74 Å². The third-order valence-electron chi connectivity index (χ3n) is 3.15. The standard InChI is InChI=1S/C15H11BrFN3O2S/c1-22-15(21)14-12(18)13-11(23-14)5-8(6-19-13)20-10-3-2-7(17)4-9(10)16/h2-6,20H,18H2,1H3. The van der Waals surface area contributed by atoms with Crippen LogP contribution in [0.4, 0.5) is 21.5 Å². The lowest BCUT2D eigenvalue weighted by atomic mass is 10.2. The van der Waals surface area contributed by atoms with E-state index in [2.05, 4.69) is 26.2 Å². The number of nitrogens with one attached hydrogen (secondary N) is 1. The summed E-state index contributed by atoms with van der Waals surface area (Å²) in [6.45, 7) is 0. The lowest BCUT2D eigenvalue weighted by molar-refractivity contribution is 0.0607. The van der Waals surface area contributed by atoms with Gasteiger partial charge < -0.3 is 15.8 Å². The van der Waals surface area contributed by atoms with E-state index in [0.29, 0.717) is 31.9 Å². The Bertz CT molecular complexity index is 913. The van der Waals surface area contributed by atoms with Gasteiger partial charge in [0.2, 0.25) is 0 Å². The maximum Gasteiger partial charge on any atom is 0.350 e. The summed E-state index contributed by atoms with van der Waals surface area (Å²) in [5, 5.41) is 3.14. The molecule has 3 rings (SSSR count). The van der Waals surface area contributed by atoms with Gasteiger partial charge in [0.05, 0.1) is 35.1 Å². The van der Waals surface area contributed by atoms with Crippen molar-refractivity contribution in [2.24, 2.45) is 0 Å². The highest BCUT2D eigenvalue weighted by Gasteiger charge is 2.18. The second kappa shape index (κ2) is 6.13. The molecule has 1 aromatic carbocycles. The van der Waals surface area contributed by atoms with E-state index in [9.17, 15) is 9.18 Å². The van der Waals surface area contributed by atoms with Crippen molar-refractivity contribution in [3.05, 3.63) is 45.6 Å². The number of nitrogens with two attached hydrogens (primary N) is 1. The zero-order valence-electron chi connectivity index (χ0n) is 11.9. The molecule has 2 aromatic heterocycles. The van der Waals surface area contributed by atoms with Crippen LogP contribution in [-0.4, -0.2) is 18.1 Å². The molecule has 0 aliphatic carbocycles. The van der Waals surface area contributed by atoms with Gasteiger partial charge in [0.25, 0.3) is 0 Å². The molecule has 23 heavy (non-hydrogen) atoms. The highest BCUT2D eigenvalue weighted by atomic mass is 79.9. The number of ether oxygens (including phenoxy) is 1. The summed E-state index contributed by atoms with van der Waals surface area (Å²) < 4.78 is 19.2. The Kier molecular flexibility index (Phi) is 4.18. The first-order valence-electron chi connectivity index (χ1n) is 6.48. The van der Waals surface area contributed by atoms with E-state index in [1.807, 2.05) is 6.07 Å². The number of carbonyl (C=O) groups is 1. The zero-order valence-corrected chi connectivity index (χ0v) is 14.3. The average molecular weight is 396 g/mol. The minimum absolute atomic E-state index is 0.311. The topological polar surface area (TPSA) is 77.2 Å². The quantitative estimate of drug-likeness (QED) is 0.646. The maximum atomic E-state index is 13.1. The minimum atomic E-state index is -0.485. The number of rotatable bonds is 3. The summed E-state index contributed by atoms with van der Waals surface area (Å²) in [6.07, 6.45) is 1.60. The van der Waals surface area contributed by atoms with Crippen molar-refractivity contribution in [3.8, 4) is 0 Å². The summed E-state index contributed by atoms with van der Waals surface area (Å²) in [7, 11) is 1.30. The molecule has 0 amide bonds. The van der Waals surface area contributed by atoms with Gasteiger partial charge in [-0.05, 0) is 40.2 Å². The van der Waals surface area contributed by atoms with Gasteiger partial charge in [0.15, 0.2) is 0 Å². The molecule has 5 nitrogen and oxygen atoms in total. The first-order chi connectivity index (χ1) is 11.0. The number of anilines is 3. The average Bonchev–Trinajstić information content (AvgIpc) is 2.86. The fourth-order valence-corrected chi connectivity index (χ4v) is 3.54. The van der Waals surface area contributed by atoms with E-state index in [1.165, 1.54) is 30.6 Å². The van der Waals surface area contributed by atoms with E-state index in [0.717, 1.165) is 4.70 Å². The van der Waals surface area contributed by atoms with E-state index >= 15 is 0 Å². The molecule has 3 aromatic rings. The highest BCUT2D eigenvalue weighted by molar-refractivity contribution is 9.10. The molecule has 118 valence electrons. The molecule has 0 aliphatic heterocycles. The molecular formula is C15H11BrFN3O2S. The Morgan fingerprint density at radius 2 is 2.22 bits per heavy atom. The van der Waals surface area contributed by atoms with E-state index in [4.69, 9.17) is 10.5 Å². The maximum absolute atomic E-state index is 13.1. The first kappa shape index (κ1) is 15.7. The van der Waals surface area contributed by atoms with E-state index < -0.39 is 5.97 Å². The van der Waals surface area contributed by atoms with Crippen LogP contribution in [0.5, 0.6) is 0 Å². The van der Waals surface area contributed by atoms with Crippen LogP contribution in [0.25, 0.3) is 10.2 Å². The van der Waals surface area contributed by atoms with Crippen molar-refractivity contribution in [1.82, 2.24) is 4.98 Å². The van der Waals surface area contributed by atoms with Gasteiger partial charge in [0.1, 0.15) is 16.2 Å². The second-order valence-corrected chi connectivity index (χ2v) is 6.56. The molecule has 0 aliphatic rings. The normalized spacial score (nSPS) is 10.7. The van der Waals surface area contributed by atoms with Gasteiger partial charge in [0, 0.05) is 4.47 Å². The van der Waals surface area contributed by atoms with Crippen LogP contribution < -0.4 is 11.1 Å². The highest BCUT2D eigenvalue weighted by Crippen LogP contribution is 2.35. The van der Waals surface area contributed by atoms with Gasteiger partial charge in [-0.25, -0.2) is 9.18 Å². The largest absolute Gasteiger partial charge is 0.465 e. The number of methoxy groups -OCH3 is 1. The Morgan fingerprint density at radius 3 is 2.91 bits per heavy atom. The molecule has 0 atom stereocenters. The van der Waals surface area contributed by atoms with Crippen molar-refractivity contribution in [3.63, 3.8) is 0 Å². The number of carbonyl (C=O) groups excluding carboxylic acids is 1.